The molecule has 0 radical (unpaired) electrons. The van der Waals surface area contributed by atoms with Crippen molar-refractivity contribution in [3.63, 3.8) is 0 Å². The molecule has 0 aliphatic heterocycles. The number of anilines is 2. The van der Waals surface area contributed by atoms with Gasteiger partial charge in [-0.15, -0.1) is 0 Å². The molecule has 0 aliphatic rings. The van der Waals surface area contributed by atoms with Gasteiger partial charge in [-0.2, -0.15) is 0 Å². The van der Waals surface area contributed by atoms with Crippen molar-refractivity contribution in [3.8, 4) is 0 Å². The molecule has 3 nitrogen and oxygen atoms in total. The Morgan fingerprint density at radius 3 is 2.69 bits per heavy atom. The monoisotopic (exact) mass is 179 g/mol. The first kappa shape index (κ1) is 9.84. The second-order valence-electron chi connectivity index (χ2n) is 3.10. The molecule has 0 unspecified atom stereocenters. The van der Waals surface area contributed by atoms with Crippen LogP contribution in [-0.4, -0.2) is 11.0 Å². The maximum Gasteiger partial charge on any atom is 0.149 e. The third kappa shape index (κ3) is 2.61. The van der Waals surface area contributed by atoms with Gasteiger partial charge < -0.3 is 11.1 Å². The molecule has 0 fully saturated rings. The summed E-state index contributed by atoms with van der Waals surface area (Å²) in [5.74, 6) is 0.802. The molecule has 0 spiro atoms. The van der Waals surface area contributed by atoms with Gasteiger partial charge in [-0.05, 0) is 25.0 Å². The zero-order chi connectivity index (χ0) is 9.68. The van der Waals surface area contributed by atoms with Crippen LogP contribution in [0, 0.1) is 0 Å². The molecule has 0 amide bonds. The minimum absolute atomic E-state index is 0.470. The Hall–Kier alpha value is -1.25. The topological polar surface area (TPSA) is 50.9 Å². The number of aromatic nitrogens is 1. The van der Waals surface area contributed by atoms with Gasteiger partial charge in [0.05, 0.1) is 5.69 Å². The van der Waals surface area contributed by atoms with Crippen LogP contribution in [-0.2, 0) is 0 Å². The summed E-state index contributed by atoms with van der Waals surface area (Å²) in [6, 6.07) is 4.17. The fourth-order valence-electron chi connectivity index (χ4n) is 1.22. The second-order valence-corrected chi connectivity index (χ2v) is 3.10. The van der Waals surface area contributed by atoms with E-state index in [2.05, 4.69) is 24.1 Å². The van der Waals surface area contributed by atoms with Crippen molar-refractivity contribution in [1.82, 2.24) is 4.98 Å². The lowest BCUT2D eigenvalue weighted by Crippen LogP contribution is -2.18. The average molecular weight is 179 g/mol. The Labute approximate surface area is 79.4 Å². The Kier molecular flexibility index (Phi) is 3.55. The Balaban J connectivity index is 2.67. The molecule has 0 aromatic carbocycles. The van der Waals surface area contributed by atoms with E-state index in [1.165, 1.54) is 0 Å². The number of nitrogens with zero attached hydrogens (tertiary/aromatic N) is 1. The first-order chi connectivity index (χ1) is 6.27. The third-order valence-corrected chi connectivity index (χ3v) is 2.17. The summed E-state index contributed by atoms with van der Waals surface area (Å²) in [5, 5.41) is 3.31. The zero-order valence-corrected chi connectivity index (χ0v) is 8.25. The molecule has 0 saturated heterocycles. The number of hydrogen-bond donors (Lipinski definition) is 2. The van der Waals surface area contributed by atoms with Crippen LogP contribution in [0.2, 0.25) is 0 Å². The first-order valence-electron chi connectivity index (χ1n) is 4.75. The molecule has 0 atom stereocenters. The van der Waals surface area contributed by atoms with Crippen molar-refractivity contribution in [2.24, 2.45) is 0 Å². The van der Waals surface area contributed by atoms with Crippen LogP contribution >= 0.6 is 0 Å². The highest BCUT2D eigenvalue weighted by atomic mass is 15.0. The van der Waals surface area contributed by atoms with E-state index in [0.717, 1.165) is 24.3 Å². The summed E-state index contributed by atoms with van der Waals surface area (Å²) >= 11 is 0. The van der Waals surface area contributed by atoms with E-state index in [4.69, 9.17) is 5.73 Å². The standard InChI is InChI=1S/C10H17N3/c1-3-8(4-2)13-10-9(11)6-5-7-12-10/h5-8H,3-4,11H2,1-2H3,(H,12,13). The summed E-state index contributed by atoms with van der Waals surface area (Å²) in [4.78, 5) is 4.18. The smallest absolute Gasteiger partial charge is 0.149 e. The Morgan fingerprint density at radius 1 is 1.46 bits per heavy atom. The number of nitrogen functional groups attached to an aromatic ring is 1. The molecule has 72 valence electrons. The third-order valence-electron chi connectivity index (χ3n) is 2.17. The molecule has 1 rings (SSSR count). The highest BCUT2D eigenvalue weighted by Gasteiger charge is 2.05. The highest BCUT2D eigenvalue weighted by Crippen LogP contribution is 2.15. The number of nitrogens with two attached hydrogens (primary N) is 1. The number of hydrogen-bond acceptors (Lipinski definition) is 3. The van der Waals surface area contributed by atoms with Crippen LogP contribution in [0.15, 0.2) is 18.3 Å². The van der Waals surface area contributed by atoms with Crippen LogP contribution in [0.1, 0.15) is 26.7 Å². The van der Waals surface area contributed by atoms with Gasteiger partial charge in [-0.1, -0.05) is 13.8 Å². The lowest BCUT2D eigenvalue weighted by Gasteiger charge is -2.16. The van der Waals surface area contributed by atoms with Crippen LogP contribution < -0.4 is 11.1 Å². The van der Waals surface area contributed by atoms with Crippen LogP contribution in [0.5, 0.6) is 0 Å². The number of nitrogens with one attached hydrogen (secondary N) is 1. The van der Waals surface area contributed by atoms with Crippen LogP contribution in [0.3, 0.4) is 0 Å². The lowest BCUT2D eigenvalue weighted by molar-refractivity contribution is 0.669. The van der Waals surface area contributed by atoms with Gasteiger partial charge >= 0.3 is 0 Å². The summed E-state index contributed by atoms with van der Waals surface area (Å²) in [7, 11) is 0. The second kappa shape index (κ2) is 4.70. The highest BCUT2D eigenvalue weighted by molar-refractivity contribution is 5.60. The first-order valence-corrected chi connectivity index (χ1v) is 4.75. The molecule has 13 heavy (non-hydrogen) atoms. The van der Waals surface area contributed by atoms with E-state index < -0.39 is 0 Å². The minimum Gasteiger partial charge on any atom is -0.396 e. The van der Waals surface area contributed by atoms with Crippen molar-refractivity contribution in [1.29, 1.82) is 0 Å². The maximum atomic E-state index is 5.75. The number of pyridine rings is 1. The fourth-order valence-corrected chi connectivity index (χ4v) is 1.22. The fraction of sp³-hybridized carbons (Fsp3) is 0.500. The minimum atomic E-state index is 0.470. The molecule has 3 N–H and O–H groups in total. The van der Waals surface area contributed by atoms with Gasteiger partial charge in [-0.25, -0.2) is 4.98 Å². The SMILES string of the molecule is CCC(CC)Nc1ncccc1N. The van der Waals surface area contributed by atoms with E-state index in [1.807, 2.05) is 12.1 Å². The molecule has 0 saturated carbocycles. The van der Waals surface area contributed by atoms with E-state index in [1.54, 1.807) is 6.20 Å². The number of rotatable bonds is 4. The molecule has 3 heteroatoms. The van der Waals surface area contributed by atoms with Gasteiger partial charge in [0.15, 0.2) is 0 Å². The lowest BCUT2D eigenvalue weighted by atomic mass is 10.2. The quantitative estimate of drug-likeness (QED) is 0.745. The van der Waals surface area contributed by atoms with E-state index >= 15 is 0 Å². The molecule has 0 bridgehead atoms. The van der Waals surface area contributed by atoms with Gasteiger partial charge in [0.2, 0.25) is 0 Å². The van der Waals surface area contributed by atoms with Gasteiger partial charge in [0.1, 0.15) is 5.82 Å². The molecule has 1 aromatic heterocycles. The maximum absolute atomic E-state index is 5.75. The van der Waals surface area contributed by atoms with Crippen LogP contribution in [0.4, 0.5) is 11.5 Å². The molecular formula is C10H17N3. The Bertz CT molecular complexity index is 256. The van der Waals surface area contributed by atoms with Crippen molar-refractivity contribution >= 4 is 11.5 Å². The molecular weight excluding hydrogens is 162 g/mol. The predicted molar refractivity (Wildman–Crippen MR) is 56.6 cm³/mol. The normalized spacial score (nSPS) is 10.4. The largest absolute Gasteiger partial charge is 0.396 e. The molecule has 1 aromatic rings. The van der Waals surface area contributed by atoms with Crippen molar-refractivity contribution < 1.29 is 0 Å². The van der Waals surface area contributed by atoms with Gasteiger partial charge in [0.25, 0.3) is 0 Å². The van der Waals surface area contributed by atoms with Crippen molar-refractivity contribution in [2.45, 2.75) is 32.7 Å². The summed E-state index contributed by atoms with van der Waals surface area (Å²) in [6.45, 7) is 4.31. The van der Waals surface area contributed by atoms with E-state index in [-0.39, 0.29) is 0 Å². The zero-order valence-electron chi connectivity index (χ0n) is 8.25. The molecule has 0 aliphatic carbocycles. The van der Waals surface area contributed by atoms with Crippen molar-refractivity contribution in [2.75, 3.05) is 11.1 Å². The summed E-state index contributed by atoms with van der Waals surface area (Å²) in [5.41, 5.74) is 6.47. The molecule has 1 heterocycles. The van der Waals surface area contributed by atoms with Gasteiger partial charge in [0, 0.05) is 12.2 Å². The van der Waals surface area contributed by atoms with Crippen LogP contribution in [0.25, 0.3) is 0 Å². The van der Waals surface area contributed by atoms with E-state index in [9.17, 15) is 0 Å². The average Bonchev–Trinajstić information content (AvgIpc) is 2.17. The van der Waals surface area contributed by atoms with Crippen molar-refractivity contribution in [3.05, 3.63) is 18.3 Å². The van der Waals surface area contributed by atoms with E-state index in [0.29, 0.717) is 6.04 Å². The predicted octanol–water partition coefficient (Wildman–Crippen LogP) is 2.26. The summed E-state index contributed by atoms with van der Waals surface area (Å²) < 4.78 is 0. The Morgan fingerprint density at radius 2 is 2.15 bits per heavy atom. The van der Waals surface area contributed by atoms with Gasteiger partial charge in [-0.3, -0.25) is 0 Å². The summed E-state index contributed by atoms with van der Waals surface area (Å²) in [6.07, 6.45) is 3.93.